The molecule has 164 valence electrons. The van der Waals surface area contributed by atoms with E-state index in [1.165, 1.54) is 6.07 Å². The molecule has 0 unspecified atom stereocenters. The molecule has 2 rings (SSSR count). The maximum absolute atomic E-state index is 13.0. The lowest BCUT2D eigenvalue weighted by molar-refractivity contribution is -0.143. The minimum Gasteiger partial charge on any atom is -0.504 e. The summed E-state index contributed by atoms with van der Waals surface area (Å²) in [7, 11) is 0. The minimum absolute atomic E-state index is 0.0199. The molecule has 0 atom stereocenters. The topological polar surface area (TPSA) is 94.1 Å². The molecule has 2 N–H and O–H groups in total. The Morgan fingerprint density at radius 3 is 1.93 bits per heavy atom. The Balaban J connectivity index is 2.68. The molecule has 0 amide bonds. The van der Waals surface area contributed by atoms with Gasteiger partial charge in [0.1, 0.15) is 0 Å². The summed E-state index contributed by atoms with van der Waals surface area (Å²) in [6.45, 7) is 12.8. The van der Waals surface area contributed by atoms with Crippen molar-refractivity contribution in [1.82, 2.24) is 5.32 Å². The van der Waals surface area contributed by atoms with Crippen LogP contribution in [0.4, 0.5) is 0 Å². The zero-order chi connectivity index (χ0) is 22.6. The molecule has 1 aromatic carbocycles. The summed E-state index contributed by atoms with van der Waals surface area (Å²) in [5.74, 6) is -1.52. The van der Waals surface area contributed by atoms with Crippen LogP contribution in [-0.4, -0.2) is 35.9 Å². The summed E-state index contributed by atoms with van der Waals surface area (Å²) in [6, 6.07) is 4.80. The second kappa shape index (κ2) is 9.69. The number of rotatable bonds is 7. The predicted molar refractivity (Wildman–Crippen MR) is 113 cm³/mol. The summed E-state index contributed by atoms with van der Waals surface area (Å²) in [5, 5.41) is 13.2. The number of phenols is 1. The maximum Gasteiger partial charge on any atom is 0.337 e. The van der Waals surface area contributed by atoms with E-state index in [9.17, 15) is 14.7 Å². The molecule has 0 spiro atoms. The van der Waals surface area contributed by atoms with Gasteiger partial charge in [-0.25, -0.2) is 9.59 Å². The number of nitrogens with one attached hydrogen (secondary N) is 1. The third kappa shape index (κ3) is 5.14. The van der Waals surface area contributed by atoms with E-state index in [1.54, 1.807) is 53.7 Å². The van der Waals surface area contributed by atoms with Crippen molar-refractivity contribution in [2.45, 2.75) is 66.6 Å². The summed E-state index contributed by atoms with van der Waals surface area (Å²) >= 11 is 0. The van der Waals surface area contributed by atoms with E-state index in [2.05, 4.69) is 5.32 Å². The monoisotopic (exact) mass is 417 g/mol. The van der Waals surface area contributed by atoms with Crippen molar-refractivity contribution in [1.29, 1.82) is 0 Å². The van der Waals surface area contributed by atoms with E-state index in [4.69, 9.17) is 14.2 Å². The number of hydrogen-bond donors (Lipinski definition) is 2. The third-order valence-corrected chi connectivity index (χ3v) is 4.50. The van der Waals surface area contributed by atoms with Crippen LogP contribution in [0.1, 0.15) is 59.9 Å². The van der Waals surface area contributed by atoms with Gasteiger partial charge in [-0.1, -0.05) is 6.07 Å². The Hall–Kier alpha value is -2.96. The molecule has 7 nitrogen and oxygen atoms in total. The molecule has 1 aliphatic heterocycles. The number of esters is 2. The van der Waals surface area contributed by atoms with E-state index in [0.29, 0.717) is 34.7 Å². The second-order valence-electron chi connectivity index (χ2n) is 7.70. The van der Waals surface area contributed by atoms with E-state index < -0.39 is 17.9 Å². The number of allylic oxidation sites excluding steroid dienone is 2. The van der Waals surface area contributed by atoms with Crippen molar-refractivity contribution in [3.05, 3.63) is 46.3 Å². The standard InChI is InChI=1S/C23H31NO6/c1-8-28-18-11-16(9-10-17(18)25)21-19(22(26)29-12(2)3)14(6)24-15(7)20(21)23(27)30-13(4)5/h9-13,21,24-25H,8H2,1-7H3. The molecular weight excluding hydrogens is 386 g/mol. The van der Waals surface area contributed by atoms with Gasteiger partial charge in [0.05, 0.1) is 35.9 Å². The SMILES string of the molecule is CCOc1cc(C2C(C(=O)OC(C)C)=C(C)NC(C)=C2C(=O)OC(C)C)ccc1O. The largest absolute Gasteiger partial charge is 0.504 e. The number of hydrogen-bond acceptors (Lipinski definition) is 7. The number of benzene rings is 1. The van der Waals surface area contributed by atoms with Crippen LogP contribution in [-0.2, 0) is 19.1 Å². The van der Waals surface area contributed by atoms with Gasteiger partial charge in [-0.2, -0.15) is 0 Å². The first-order chi connectivity index (χ1) is 14.1. The van der Waals surface area contributed by atoms with Gasteiger partial charge in [0.25, 0.3) is 0 Å². The Morgan fingerprint density at radius 2 is 1.50 bits per heavy atom. The maximum atomic E-state index is 13.0. The first-order valence-corrected chi connectivity index (χ1v) is 10.1. The van der Waals surface area contributed by atoms with Crippen molar-refractivity contribution >= 4 is 11.9 Å². The second-order valence-corrected chi connectivity index (χ2v) is 7.70. The summed E-state index contributed by atoms with van der Waals surface area (Å²) in [6.07, 6.45) is -0.648. The lowest BCUT2D eigenvalue weighted by atomic mass is 9.80. The van der Waals surface area contributed by atoms with Crippen LogP contribution in [0.2, 0.25) is 0 Å². The highest BCUT2D eigenvalue weighted by Gasteiger charge is 2.38. The normalized spacial score (nSPS) is 14.8. The zero-order valence-electron chi connectivity index (χ0n) is 18.7. The Labute approximate surface area is 177 Å². The molecule has 0 radical (unpaired) electrons. The molecule has 0 aromatic heterocycles. The highest BCUT2D eigenvalue weighted by Crippen LogP contribution is 2.42. The fraction of sp³-hybridized carbons (Fsp3) is 0.478. The Bertz CT molecular complexity index is 838. The molecule has 0 aliphatic carbocycles. The van der Waals surface area contributed by atoms with Gasteiger partial charge in [0, 0.05) is 11.4 Å². The Kier molecular flexibility index (Phi) is 7.54. The minimum atomic E-state index is -0.733. The van der Waals surface area contributed by atoms with Gasteiger partial charge in [0.15, 0.2) is 11.5 Å². The predicted octanol–water partition coefficient (Wildman–Crippen LogP) is 3.93. The summed E-state index contributed by atoms with van der Waals surface area (Å²) < 4.78 is 16.4. The van der Waals surface area contributed by atoms with E-state index in [-0.39, 0.29) is 23.7 Å². The van der Waals surface area contributed by atoms with Crippen LogP contribution in [0.25, 0.3) is 0 Å². The molecular formula is C23H31NO6. The smallest absolute Gasteiger partial charge is 0.337 e. The Morgan fingerprint density at radius 1 is 1.00 bits per heavy atom. The molecule has 30 heavy (non-hydrogen) atoms. The quantitative estimate of drug-likeness (QED) is 0.649. The molecule has 0 bridgehead atoms. The molecule has 7 heteroatoms. The molecule has 0 fully saturated rings. The number of phenolic OH excluding ortho intramolecular Hbond substituents is 1. The van der Waals surface area contributed by atoms with Crippen LogP contribution in [0.5, 0.6) is 11.5 Å². The highest BCUT2D eigenvalue weighted by molar-refractivity contribution is 6.00. The van der Waals surface area contributed by atoms with Gasteiger partial charge < -0.3 is 24.6 Å². The van der Waals surface area contributed by atoms with Crippen LogP contribution in [0.15, 0.2) is 40.7 Å². The molecule has 0 saturated carbocycles. The van der Waals surface area contributed by atoms with E-state index in [0.717, 1.165) is 0 Å². The number of aromatic hydroxyl groups is 1. The highest BCUT2D eigenvalue weighted by atomic mass is 16.5. The number of dihydropyridines is 1. The van der Waals surface area contributed by atoms with Gasteiger partial charge in [0.2, 0.25) is 0 Å². The van der Waals surface area contributed by atoms with Crippen molar-refractivity contribution in [2.24, 2.45) is 0 Å². The molecule has 0 saturated heterocycles. The van der Waals surface area contributed by atoms with Gasteiger partial charge in [-0.3, -0.25) is 0 Å². The van der Waals surface area contributed by atoms with Crippen molar-refractivity contribution in [3.63, 3.8) is 0 Å². The summed E-state index contributed by atoms with van der Waals surface area (Å²) in [5.41, 5.74) is 2.43. The van der Waals surface area contributed by atoms with Crippen molar-refractivity contribution in [2.75, 3.05) is 6.61 Å². The lowest BCUT2D eigenvalue weighted by Gasteiger charge is -2.31. The van der Waals surface area contributed by atoms with Crippen LogP contribution in [0, 0.1) is 0 Å². The van der Waals surface area contributed by atoms with Gasteiger partial charge >= 0.3 is 11.9 Å². The first-order valence-electron chi connectivity index (χ1n) is 10.1. The third-order valence-electron chi connectivity index (χ3n) is 4.50. The number of ether oxygens (including phenoxy) is 3. The lowest BCUT2D eigenvalue weighted by Crippen LogP contribution is -2.33. The average Bonchev–Trinajstić information content (AvgIpc) is 2.61. The van der Waals surface area contributed by atoms with E-state index >= 15 is 0 Å². The number of carbonyl (C=O) groups excluding carboxylic acids is 2. The number of carbonyl (C=O) groups is 2. The van der Waals surface area contributed by atoms with Crippen molar-refractivity contribution in [3.8, 4) is 11.5 Å². The summed E-state index contributed by atoms with van der Waals surface area (Å²) in [4.78, 5) is 26.0. The van der Waals surface area contributed by atoms with Crippen LogP contribution < -0.4 is 10.1 Å². The fourth-order valence-electron chi connectivity index (χ4n) is 3.41. The molecule has 1 aliphatic rings. The average molecular weight is 418 g/mol. The molecule has 1 aromatic rings. The van der Waals surface area contributed by atoms with Crippen molar-refractivity contribution < 1.29 is 28.9 Å². The van der Waals surface area contributed by atoms with Gasteiger partial charge in [-0.05, 0) is 66.2 Å². The van der Waals surface area contributed by atoms with Crippen LogP contribution in [0.3, 0.4) is 0 Å². The van der Waals surface area contributed by atoms with Crippen LogP contribution >= 0.6 is 0 Å². The first kappa shape index (κ1) is 23.3. The van der Waals surface area contributed by atoms with Gasteiger partial charge in [-0.15, -0.1) is 0 Å². The fourth-order valence-corrected chi connectivity index (χ4v) is 3.41. The van der Waals surface area contributed by atoms with E-state index in [1.807, 2.05) is 6.92 Å². The molecule has 1 heterocycles. The zero-order valence-corrected chi connectivity index (χ0v) is 18.7.